The molecule has 0 saturated carbocycles. The van der Waals surface area contributed by atoms with E-state index in [1.165, 1.54) is 5.56 Å². The van der Waals surface area contributed by atoms with Gasteiger partial charge in [0.05, 0.1) is 12.6 Å². The summed E-state index contributed by atoms with van der Waals surface area (Å²) in [4.78, 5) is 0. The number of azo groups is 1. The largest absolute Gasteiger partial charge is 0.194 e. The zero-order valence-corrected chi connectivity index (χ0v) is 7.43. The van der Waals surface area contributed by atoms with Gasteiger partial charge in [0.15, 0.2) is 0 Å². The van der Waals surface area contributed by atoms with E-state index in [9.17, 15) is 0 Å². The van der Waals surface area contributed by atoms with Gasteiger partial charge in [0, 0.05) is 0 Å². The number of nitrogens with zero attached hydrogens (tertiary/aromatic N) is 2. The van der Waals surface area contributed by atoms with Crippen LogP contribution in [0.25, 0.3) is 6.08 Å². The third-order valence-corrected chi connectivity index (χ3v) is 2.07. The molecule has 0 aromatic heterocycles. The minimum atomic E-state index is 0.306. The van der Waals surface area contributed by atoms with Gasteiger partial charge in [-0.3, -0.25) is 0 Å². The maximum absolute atomic E-state index is 4.09. The molecule has 0 aliphatic carbocycles. The standard InChI is InChI=1S/C11H12N2/c1-2-4-10(5-3-1)6-7-11-8-9-12-13-11/h1-7,11H,8-9H2. The fourth-order valence-electron chi connectivity index (χ4n) is 1.33. The molecule has 1 unspecified atom stereocenters. The van der Waals surface area contributed by atoms with E-state index in [0.717, 1.165) is 13.0 Å². The van der Waals surface area contributed by atoms with E-state index in [1.54, 1.807) is 0 Å². The van der Waals surface area contributed by atoms with Crippen molar-refractivity contribution < 1.29 is 0 Å². The van der Waals surface area contributed by atoms with Gasteiger partial charge < -0.3 is 0 Å². The van der Waals surface area contributed by atoms with Crippen LogP contribution >= 0.6 is 0 Å². The molecular weight excluding hydrogens is 160 g/mol. The number of hydrogen-bond donors (Lipinski definition) is 0. The average Bonchev–Trinajstić information content (AvgIpc) is 2.69. The molecule has 1 heterocycles. The Bertz CT molecular complexity index is 314. The lowest BCUT2D eigenvalue weighted by molar-refractivity contribution is 0.835. The van der Waals surface area contributed by atoms with Crippen LogP contribution in [0.15, 0.2) is 46.6 Å². The van der Waals surface area contributed by atoms with Crippen LogP contribution in [-0.2, 0) is 0 Å². The summed E-state index contributed by atoms with van der Waals surface area (Å²) in [6, 6.07) is 10.6. The van der Waals surface area contributed by atoms with Crippen molar-refractivity contribution in [1.82, 2.24) is 0 Å². The molecule has 1 aromatic carbocycles. The van der Waals surface area contributed by atoms with Gasteiger partial charge in [-0.1, -0.05) is 42.5 Å². The van der Waals surface area contributed by atoms with Crippen molar-refractivity contribution in [2.24, 2.45) is 10.2 Å². The predicted octanol–water partition coefficient (Wildman–Crippen LogP) is 2.92. The Morgan fingerprint density at radius 3 is 2.77 bits per heavy atom. The first kappa shape index (κ1) is 8.17. The molecule has 0 saturated heterocycles. The second-order valence-electron chi connectivity index (χ2n) is 3.11. The fraction of sp³-hybridized carbons (Fsp3) is 0.273. The first-order valence-corrected chi connectivity index (χ1v) is 4.55. The van der Waals surface area contributed by atoms with Crippen molar-refractivity contribution in [3.05, 3.63) is 42.0 Å². The van der Waals surface area contributed by atoms with Gasteiger partial charge in [-0.15, -0.1) is 0 Å². The van der Waals surface area contributed by atoms with Crippen molar-refractivity contribution in [1.29, 1.82) is 0 Å². The Morgan fingerprint density at radius 1 is 1.23 bits per heavy atom. The topological polar surface area (TPSA) is 24.7 Å². The van der Waals surface area contributed by atoms with E-state index in [-0.39, 0.29) is 0 Å². The monoisotopic (exact) mass is 172 g/mol. The van der Waals surface area contributed by atoms with Crippen molar-refractivity contribution in [2.75, 3.05) is 6.54 Å². The van der Waals surface area contributed by atoms with Gasteiger partial charge in [-0.2, -0.15) is 10.2 Å². The van der Waals surface area contributed by atoms with Gasteiger partial charge in [-0.25, -0.2) is 0 Å². The summed E-state index contributed by atoms with van der Waals surface area (Å²) >= 11 is 0. The Balaban J connectivity index is 2.01. The fourth-order valence-corrected chi connectivity index (χ4v) is 1.33. The van der Waals surface area contributed by atoms with Crippen LogP contribution in [0.3, 0.4) is 0 Å². The summed E-state index contributed by atoms with van der Waals surface area (Å²) in [5.41, 5.74) is 1.23. The van der Waals surface area contributed by atoms with Crippen LogP contribution < -0.4 is 0 Å². The van der Waals surface area contributed by atoms with Crippen LogP contribution in [0.5, 0.6) is 0 Å². The summed E-state index contributed by atoms with van der Waals surface area (Å²) in [5, 5.41) is 8.04. The first-order chi connectivity index (χ1) is 6.45. The van der Waals surface area contributed by atoms with Gasteiger partial charge in [0.1, 0.15) is 0 Å². The molecule has 0 bridgehead atoms. The van der Waals surface area contributed by atoms with Gasteiger partial charge in [0.25, 0.3) is 0 Å². The Kier molecular flexibility index (Phi) is 2.51. The number of hydrogen-bond acceptors (Lipinski definition) is 2. The quantitative estimate of drug-likeness (QED) is 0.655. The van der Waals surface area contributed by atoms with Crippen LogP contribution in [0.1, 0.15) is 12.0 Å². The van der Waals surface area contributed by atoms with Crippen LogP contribution in [0, 0.1) is 0 Å². The summed E-state index contributed by atoms with van der Waals surface area (Å²) < 4.78 is 0. The summed E-state index contributed by atoms with van der Waals surface area (Å²) in [6.45, 7) is 0.879. The van der Waals surface area contributed by atoms with Crippen molar-refractivity contribution in [3.8, 4) is 0 Å². The lowest BCUT2D eigenvalue weighted by Crippen LogP contribution is -1.93. The van der Waals surface area contributed by atoms with Crippen molar-refractivity contribution in [3.63, 3.8) is 0 Å². The average molecular weight is 172 g/mol. The Hall–Kier alpha value is -1.44. The van der Waals surface area contributed by atoms with E-state index < -0.39 is 0 Å². The first-order valence-electron chi connectivity index (χ1n) is 4.55. The molecule has 13 heavy (non-hydrogen) atoms. The molecule has 2 heteroatoms. The molecule has 1 aromatic rings. The summed E-state index contributed by atoms with van der Waals surface area (Å²) in [5.74, 6) is 0. The molecule has 66 valence electrons. The molecule has 0 fully saturated rings. The van der Waals surface area contributed by atoms with Crippen LogP contribution in [0.4, 0.5) is 0 Å². The summed E-state index contributed by atoms with van der Waals surface area (Å²) in [7, 11) is 0. The molecule has 1 aliphatic rings. The highest BCUT2D eigenvalue weighted by molar-refractivity contribution is 5.49. The van der Waals surface area contributed by atoms with Crippen LogP contribution in [-0.4, -0.2) is 12.6 Å². The smallest absolute Gasteiger partial charge is 0.0910 e. The zero-order valence-electron chi connectivity index (χ0n) is 7.43. The van der Waals surface area contributed by atoms with Gasteiger partial charge >= 0.3 is 0 Å². The molecule has 2 nitrogen and oxygen atoms in total. The Morgan fingerprint density at radius 2 is 2.08 bits per heavy atom. The normalized spacial score (nSPS) is 21.4. The molecule has 0 amide bonds. The number of benzene rings is 1. The zero-order chi connectivity index (χ0) is 8.93. The third kappa shape index (κ3) is 2.25. The molecule has 0 spiro atoms. The van der Waals surface area contributed by atoms with E-state index in [4.69, 9.17) is 0 Å². The maximum atomic E-state index is 4.09. The third-order valence-electron chi connectivity index (χ3n) is 2.07. The van der Waals surface area contributed by atoms with E-state index in [1.807, 2.05) is 18.2 Å². The molecule has 1 atom stereocenters. The molecule has 2 rings (SSSR count). The summed E-state index contributed by atoms with van der Waals surface area (Å²) in [6.07, 6.45) is 5.28. The van der Waals surface area contributed by atoms with Gasteiger partial charge in [-0.05, 0) is 12.0 Å². The second kappa shape index (κ2) is 3.99. The second-order valence-corrected chi connectivity index (χ2v) is 3.11. The lowest BCUT2D eigenvalue weighted by Gasteiger charge is -1.95. The van der Waals surface area contributed by atoms with E-state index in [0.29, 0.717) is 6.04 Å². The lowest BCUT2D eigenvalue weighted by atomic mass is 10.1. The highest BCUT2D eigenvalue weighted by Gasteiger charge is 2.06. The molecular formula is C11H12N2. The van der Waals surface area contributed by atoms with Gasteiger partial charge in [0.2, 0.25) is 0 Å². The molecule has 0 radical (unpaired) electrons. The molecule has 0 N–H and O–H groups in total. The Labute approximate surface area is 78.0 Å². The van der Waals surface area contributed by atoms with E-state index in [2.05, 4.69) is 34.5 Å². The SMILES string of the molecule is C(=CC1CCN=N1)c1ccccc1. The molecule has 1 aliphatic heterocycles. The van der Waals surface area contributed by atoms with Crippen molar-refractivity contribution >= 4 is 6.08 Å². The predicted molar refractivity (Wildman–Crippen MR) is 53.6 cm³/mol. The maximum Gasteiger partial charge on any atom is 0.0910 e. The highest BCUT2D eigenvalue weighted by Crippen LogP contribution is 2.11. The minimum Gasteiger partial charge on any atom is -0.194 e. The van der Waals surface area contributed by atoms with Crippen molar-refractivity contribution in [2.45, 2.75) is 12.5 Å². The highest BCUT2D eigenvalue weighted by atomic mass is 15.1. The number of rotatable bonds is 2. The minimum absolute atomic E-state index is 0.306. The van der Waals surface area contributed by atoms with Crippen LogP contribution in [0.2, 0.25) is 0 Å². The van der Waals surface area contributed by atoms with E-state index >= 15 is 0 Å².